The molecule has 0 aromatic rings. The van der Waals surface area contributed by atoms with E-state index in [9.17, 15) is 4.79 Å². The number of ether oxygens (including phenoxy) is 1. The van der Waals surface area contributed by atoms with Crippen molar-refractivity contribution in [3.05, 3.63) is 0 Å². The lowest BCUT2D eigenvalue weighted by Gasteiger charge is -2.26. The van der Waals surface area contributed by atoms with Gasteiger partial charge in [0, 0.05) is 12.6 Å². The van der Waals surface area contributed by atoms with E-state index in [2.05, 4.69) is 12.2 Å². The monoisotopic (exact) mass is 228 g/mol. The summed E-state index contributed by atoms with van der Waals surface area (Å²) in [7, 11) is 3.92. The molecule has 1 N–H and O–H groups in total. The normalized spacial score (nSPS) is 25.5. The van der Waals surface area contributed by atoms with Crippen molar-refractivity contribution in [1.29, 1.82) is 0 Å². The van der Waals surface area contributed by atoms with Crippen LogP contribution in [-0.2, 0) is 4.74 Å². The number of alkyl carbamates (subject to hydrolysis) is 1. The van der Waals surface area contributed by atoms with Crippen LogP contribution in [0.15, 0.2) is 0 Å². The Kier molecular flexibility index (Phi) is 5.60. The molecule has 1 rings (SSSR count). The number of likely N-dealkylation sites (N-methyl/N-ethyl adjacent to an activating group) is 1. The molecule has 0 heterocycles. The van der Waals surface area contributed by atoms with Gasteiger partial charge in [-0.2, -0.15) is 0 Å². The van der Waals surface area contributed by atoms with E-state index in [0.29, 0.717) is 12.6 Å². The first-order valence-electron chi connectivity index (χ1n) is 6.16. The second-order valence-electron chi connectivity index (χ2n) is 5.04. The zero-order chi connectivity index (χ0) is 12.0. The van der Waals surface area contributed by atoms with E-state index in [4.69, 9.17) is 4.74 Å². The highest BCUT2D eigenvalue weighted by atomic mass is 16.5. The Morgan fingerprint density at radius 1 is 1.31 bits per heavy atom. The molecule has 0 unspecified atom stereocenters. The Labute approximate surface area is 98.3 Å². The van der Waals surface area contributed by atoms with Gasteiger partial charge < -0.3 is 15.0 Å². The molecule has 0 aromatic carbocycles. The van der Waals surface area contributed by atoms with Crippen LogP contribution in [-0.4, -0.2) is 44.3 Å². The first-order valence-corrected chi connectivity index (χ1v) is 6.16. The molecule has 0 saturated heterocycles. The zero-order valence-electron chi connectivity index (χ0n) is 10.7. The first kappa shape index (κ1) is 13.3. The topological polar surface area (TPSA) is 41.6 Å². The van der Waals surface area contributed by atoms with E-state index < -0.39 is 0 Å². The van der Waals surface area contributed by atoms with Crippen LogP contribution < -0.4 is 5.32 Å². The summed E-state index contributed by atoms with van der Waals surface area (Å²) in [4.78, 5) is 13.4. The molecule has 0 aromatic heterocycles. The molecule has 0 bridgehead atoms. The van der Waals surface area contributed by atoms with Gasteiger partial charge in [-0.3, -0.25) is 0 Å². The van der Waals surface area contributed by atoms with Gasteiger partial charge in [0.05, 0.1) is 0 Å². The third-order valence-electron chi connectivity index (χ3n) is 3.11. The van der Waals surface area contributed by atoms with E-state index in [0.717, 1.165) is 25.3 Å². The molecule has 0 spiro atoms. The molecule has 4 nitrogen and oxygen atoms in total. The minimum absolute atomic E-state index is 0.263. The third-order valence-corrected chi connectivity index (χ3v) is 3.11. The van der Waals surface area contributed by atoms with Gasteiger partial charge in [0.1, 0.15) is 6.61 Å². The summed E-state index contributed by atoms with van der Waals surface area (Å²) < 4.78 is 5.09. The molecule has 1 amide bonds. The second kappa shape index (κ2) is 6.74. The van der Waals surface area contributed by atoms with Gasteiger partial charge in [-0.15, -0.1) is 0 Å². The van der Waals surface area contributed by atoms with Crippen molar-refractivity contribution in [3.8, 4) is 0 Å². The zero-order valence-corrected chi connectivity index (χ0v) is 10.7. The molecule has 16 heavy (non-hydrogen) atoms. The summed E-state index contributed by atoms with van der Waals surface area (Å²) in [6.45, 7) is 3.50. The van der Waals surface area contributed by atoms with Crippen LogP contribution in [0.4, 0.5) is 4.79 Å². The lowest BCUT2D eigenvalue weighted by Crippen LogP contribution is -2.38. The number of nitrogens with zero attached hydrogens (tertiary/aromatic N) is 1. The van der Waals surface area contributed by atoms with Crippen LogP contribution in [0.1, 0.15) is 32.6 Å². The largest absolute Gasteiger partial charge is 0.448 e. The van der Waals surface area contributed by atoms with E-state index in [1.54, 1.807) is 0 Å². The minimum atomic E-state index is -0.263. The molecule has 0 aliphatic heterocycles. The van der Waals surface area contributed by atoms with Crippen LogP contribution >= 0.6 is 0 Å². The van der Waals surface area contributed by atoms with Crippen molar-refractivity contribution in [2.24, 2.45) is 5.92 Å². The van der Waals surface area contributed by atoms with Gasteiger partial charge >= 0.3 is 6.09 Å². The SMILES string of the molecule is CN(C)CCOC(=O)N[C@H]1CC[C@H](C)CC1. The average Bonchev–Trinajstić information content (AvgIpc) is 2.21. The Bertz CT molecular complexity index is 211. The molecule has 1 saturated carbocycles. The maximum Gasteiger partial charge on any atom is 0.407 e. The molecule has 1 aliphatic carbocycles. The average molecular weight is 228 g/mol. The van der Waals surface area contributed by atoms with Crippen molar-refractivity contribution in [2.45, 2.75) is 38.6 Å². The predicted molar refractivity (Wildman–Crippen MR) is 64.5 cm³/mol. The second-order valence-corrected chi connectivity index (χ2v) is 5.04. The maximum absolute atomic E-state index is 11.4. The number of carbonyl (C=O) groups is 1. The Balaban J connectivity index is 2.09. The number of nitrogens with one attached hydrogen (secondary N) is 1. The van der Waals surface area contributed by atoms with Crippen LogP contribution in [0.2, 0.25) is 0 Å². The van der Waals surface area contributed by atoms with E-state index in [1.165, 1.54) is 12.8 Å². The molecule has 0 radical (unpaired) electrons. The van der Waals surface area contributed by atoms with Crippen molar-refractivity contribution < 1.29 is 9.53 Å². The Hall–Kier alpha value is -0.770. The number of hydrogen-bond donors (Lipinski definition) is 1. The highest BCUT2D eigenvalue weighted by molar-refractivity contribution is 5.67. The summed E-state index contributed by atoms with van der Waals surface area (Å²) >= 11 is 0. The quantitative estimate of drug-likeness (QED) is 0.798. The van der Waals surface area contributed by atoms with Gasteiger partial charge in [-0.25, -0.2) is 4.79 Å². The smallest absolute Gasteiger partial charge is 0.407 e. The molecular weight excluding hydrogens is 204 g/mol. The van der Waals surface area contributed by atoms with Crippen LogP contribution in [0.5, 0.6) is 0 Å². The Morgan fingerprint density at radius 2 is 1.94 bits per heavy atom. The van der Waals surface area contributed by atoms with Crippen LogP contribution in [0.3, 0.4) is 0 Å². The minimum Gasteiger partial charge on any atom is -0.448 e. The van der Waals surface area contributed by atoms with Gasteiger partial charge in [-0.05, 0) is 45.7 Å². The number of rotatable bonds is 4. The summed E-state index contributed by atoms with van der Waals surface area (Å²) in [5.41, 5.74) is 0. The molecular formula is C12H24N2O2. The van der Waals surface area contributed by atoms with E-state index in [-0.39, 0.29) is 6.09 Å². The maximum atomic E-state index is 11.4. The highest BCUT2D eigenvalue weighted by Crippen LogP contribution is 2.23. The number of hydrogen-bond acceptors (Lipinski definition) is 3. The van der Waals surface area contributed by atoms with Crippen molar-refractivity contribution in [2.75, 3.05) is 27.2 Å². The van der Waals surface area contributed by atoms with E-state index >= 15 is 0 Å². The first-order chi connectivity index (χ1) is 7.58. The van der Waals surface area contributed by atoms with Crippen molar-refractivity contribution >= 4 is 6.09 Å². The lowest BCUT2D eigenvalue weighted by molar-refractivity contribution is 0.129. The van der Waals surface area contributed by atoms with Gasteiger partial charge in [0.2, 0.25) is 0 Å². The number of amides is 1. The van der Waals surface area contributed by atoms with Crippen LogP contribution in [0, 0.1) is 5.92 Å². The fourth-order valence-corrected chi connectivity index (χ4v) is 1.93. The highest BCUT2D eigenvalue weighted by Gasteiger charge is 2.19. The standard InChI is InChI=1S/C12H24N2O2/c1-10-4-6-11(7-5-10)13-12(15)16-9-8-14(2)3/h10-11H,4-9H2,1-3H3,(H,13,15)/t10-,11-. The third kappa shape index (κ3) is 5.35. The molecule has 0 atom stereocenters. The van der Waals surface area contributed by atoms with Crippen molar-refractivity contribution in [3.63, 3.8) is 0 Å². The lowest BCUT2D eigenvalue weighted by atomic mass is 9.87. The predicted octanol–water partition coefficient (Wildman–Crippen LogP) is 1.85. The molecule has 1 aliphatic rings. The fraction of sp³-hybridized carbons (Fsp3) is 0.917. The van der Waals surface area contributed by atoms with Gasteiger partial charge in [0.25, 0.3) is 0 Å². The van der Waals surface area contributed by atoms with Gasteiger partial charge in [0.15, 0.2) is 0 Å². The van der Waals surface area contributed by atoms with Crippen LogP contribution in [0.25, 0.3) is 0 Å². The van der Waals surface area contributed by atoms with Crippen molar-refractivity contribution in [1.82, 2.24) is 10.2 Å². The molecule has 1 fully saturated rings. The summed E-state index contributed by atoms with van der Waals surface area (Å²) in [5, 5.41) is 2.93. The summed E-state index contributed by atoms with van der Waals surface area (Å²) in [5.74, 6) is 0.808. The van der Waals surface area contributed by atoms with E-state index in [1.807, 2.05) is 19.0 Å². The number of carbonyl (C=O) groups excluding carboxylic acids is 1. The fourth-order valence-electron chi connectivity index (χ4n) is 1.93. The Morgan fingerprint density at radius 3 is 2.50 bits per heavy atom. The summed E-state index contributed by atoms with van der Waals surface area (Å²) in [6.07, 6.45) is 4.33. The summed E-state index contributed by atoms with van der Waals surface area (Å²) in [6, 6.07) is 0.322. The molecule has 94 valence electrons. The van der Waals surface area contributed by atoms with Gasteiger partial charge in [-0.1, -0.05) is 6.92 Å². The molecule has 4 heteroatoms.